The summed E-state index contributed by atoms with van der Waals surface area (Å²) in [4.78, 5) is 2.17. The molecule has 1 N–H and O–H groups in total. The fraction of sp³-hybridized carbons (Fsp3) is 0.379. The zero-order valence-corrected chi connectivity index (χ0v) is 20.4. The Morgan fingerprint density at radius 2 is 1.62 bits per heavy atom. The molecule has 0 aliphatic rings. The minimum Gasteiger partial charge on any atom is -0.497 e. The van der Waals surface area contributed by atoms with E-state index in [1.54, 1.807) is 13.2 Å². The maximum Gasteiger partial charge on any atom is 0.127 e. The topological polar surface area (TPSA) is 41.9 Å². The summed E-state index contributed by atoms with van der Waals surface area (Å²) in [5.74, 6) is 0.345. The molecule has 0 fully saturated rings. The zero-order chi connectivity index (χ0) is 24.4. The largest absolute Gasteiger partial charge is 0.497 e. The summed E-state index contributed by atoms with van der Waals surface area (Å²) >= 11 is 0. The molecule has 0 saturated heterocycles. The molecule has 0 aliphatic heterocycles. The molecule has 3 aromatic rings. The molecule has 0 spiro atoms. The average molecular weight is 466 g/mol. The van der Waals surface area contributed by atoms with E-state index in [0.29, 0.717) is 38.3 Å². The number of aliphatic hydroxyl groups is 1. The SMILES string of the molecule is CCC(COCc1ccccc1)(c1ccccc1F)C(CO)CN(C)Cc1ccc(OC)cc1. The maximum atomic E-state index is 15.1. The van der Waals surface area contributed by atoms with Crippen LogP contribution in [-0.4, -0.2) is 43.9 Å². The highest BCUT2D eigenvalue weighted by Crippen LogP contribution is 2.38. The first kappa shape index (κ1) is 25.9. The number of aliphatic hydroxyl groups excluding tert-OH is 1. The van der Waals surface area contributed by atoms with Gasteiger partial charge < -0.3 is 19.5 Å². The van der Waals surface area contributed by atoms with Gasteiger partial charge in [0.15, 0.2) is 0 Å². The molecule has 0 aromatic heterocycles. The molecular weight excluding hydrogens is 429 g/mol. The van der Waals surface area contributed by atoms with Crippen LogP contribution < -0.4 is 4.74 Å². The van der Waals surface area contributed by atoms with Gasteiger partial charge in [-0.2, -0.15) is 0 Å². The van der Waals surface area contributed by atoms with Crippen molar-refractivity contribution in [3.8, 4) is 5.75 Å². The molecule has 5 heteroatoms. The predicted molar refractivity (Wildman–Crippen MR) is 134 cm³/mol. The van der Waals surface area contributed by atoms with E-state index in [1.165, 1.54) is 6.07 Å². The molecule has 34 heavy (non-hydrogen) atoms. The van der Waals surface area contributed by atoms with Gasteiger partial charge in [0, 0.05) is 31.0 Å². The van der Waals surface area contributed by atoms with Gasteiger partial charge in [0.1, 0.15) is 11.6 Å². The van der Waals surface area contributed by atoms with Crippen LogP contribution in [-0.2, 0) is 23.3 Å². The van der Waals surface area contributed by atoms with E-state index in [1.807, 2.05) is 80.7 Å². The van der Waals surface area contributed by atoms with E-state index in [-0.39, 0.29) is 18.3 Å². The second-order valence-electron chi connectivity index (χ2n) is 8.89. The number of hydrogen-bond donors (Lipinski definition) is 1. The Morgan fingerprint density at radius 1 is 0.941 bits per heavy atom. The molecule has 0 saturated carbocycles. The third-order valence-corrected chi connectivity index (χ3v) is 6.66. The van der Waals surface area contributed by atoms with Crippen molar-refractivity contribution in [3.05, 3.63) is 101 Å². The van der Waals surface area contributed by atoms with Crippen molar-refractivity contribution in [1.82, 2.24) is 4.90 Å². The monoisotopic (exact) mass is 465 g/mol. The first-order chi connectivity index (χ1) is 16.5. The lowest BCUT2D eigenvalue weighted by molar-refractivity contribution is 0.0117. The number of hydrogen-bond acceptors (Lipinski definition) is 4. The Kier molecular flexibility index (Phi) is 9.63. The van der Waals surface area contributed by atoms with Crippen LogP contribution in [0.4, 0.5) is 4.39 Å². The lowest BCUT2D eigenvalue weighted by Gasteiger charge is -2.41. The Bertz CT molecular complexity index is 996. The normalized spacial score (nSPS) is 14.1. The van der Waals surface area contributed by atoms with Crippen LogP contribution in [0.1, 0.15) is 30.0 Å². The molecule has 0 radical (unpaired) electrons. The van der Waals surface area contributed by atoms with Gasteiger partial charge in [-0.15, -0.1) is 0 Å². The Labute approximate surface area is 203 Å². The summed E-state index contributed by atoms with van der Waals surface area (Å²) in [7, 11) is 3.68. The van der Waals surface area contributed by atoms with Crippen molar-refractivity contribution in [1.29, 1.82) is 0 Å². The molecule has 4 nitrogen and oxygen atoms in total. The molecule has 182 valence electrons. The molecule has 2 atom stereocenters. The zero-order valence-electron chi connectivity index (χ0n) is 20.4. The lowest BCUT2D eigenvalue weighted by Crippen LogP contribution is -2.46. The minimum absolute atomic E-state index is 0.0657. The first-order valence-electron chi connectivity index (χ1n) is 11.8. The van der Waals surface area contributed by atoms with Gasteiger partial charge in [0.2, 0.25) is 0 Å². The minimum atomic E-state index is -0.664. The molecule has 3 rings (SSSR count). The fourth-order valence-corrected chi connectivity index (χ4v) is 4.68. The van der Waals surface area contributed by atoms with E-state index in [9.17, 15) is 5.11 Å². The van der Waals surface area contributed by atoms with Gasteiger partial charge in [-0.05, 0) is 48.4 Å². The molecular formula is C29H36FNO3. The lowest BCUT2D eigenvalue weighted by atomic mass is 9.68. The van der Waals surface area contributed by atoms with Crippen molar-refractivity contribution in [2.75, 3.05) is 33.9 Å². The van der Waals surface area contributed by atoms with Gasteiger partial charge in [-0.25, -0.2) is 4.39 Å². The molecule has 2 unspecified atom stereocenters. The standard InChI is InChI=1S/C29H36FNO3/c1-4-29(27-12-8-9-13-28(27)30,22-34-21-24-10-6-5-7-11-24)25(20-32)19-31(2)18-23-14-16-26(33-3)17-15-23/h5-17,25,32H,4,18-22H2,1-3H3. The summed E-state index contributed by atoms with van der Waals surface area (Å²) in [5, 5.41) is 10.5. The van der Waals surface area contributed by atoms with Gasteiger partial charge >= 0.3 is 0 Å². The van der Waals surface area contributed by atoms with Crippen LogP contribution in [0.15, 0.2) is 78.9 Å². The van der Waals surface area contributed by atoms with Crippen LogP contribution in [0.5, 0.6) is 5.75 Å². The quantitative estimate of drug-likeness (QED) is 0.365. The van der Waals surface area contributed by atoms with Crippen molar-refractivity contribution < 1.29 is 19.0 Å². The van der Waals surface area contributed by atoms with Gasteiger partial charge in [-0.3, -0.25) is 0 Å². The van der Waals surface area contributed by atoms with Gasteiger partial charge in [0.05, 0.1) is 20.3 Å². The van der Waals surface area contributed by atoms with Gasteiger partial charge in [0.25, 0.3) is 0 Å². The van der Waals surface area contributed by atoms with Crippen LogP contribution in [0.25, 0.3) is 0 Å². The Hall–Kier alpha value is -2.73. The summed E-state index contributed by atoms with van der Waals surface area (Å²) in [5.41, 5.74) is 2.15. The highest BCUT2D eigenvalue weighted by atomic mass is 19.1. The van der Waals surface area contributed by atoms with Crippen LogP contribution in [0.3, 0.4) is 0 Å². The first-order valence-corrected chi connectivity index (χ1v) is 11.8. The van der Waals surface area contributed by atoms with Crippen molar-refractivity contribution in [2.45, 2.75) is 31.9 Å². The number of halogens is 1. The van der Waals surface area contributed by atoms with E-state index >= 15 is 4.39 Å². The van der Waals surface area contributed by atoms with Crippen molar-refractivity contribution in [3.63, 3.8) is 0 Å². The number of nitrogens with zero attached hydrogens (tertiary/aromatic N) is 1. The summed E-state index contributed by atoms with van der Waals surface area (Å²) in [6, 6.07) is 24.8. The number of rotatable bonds is 13. The molecule has 0 heterocycles. The number of benzene rings is 3. The van der Waals surface area contributed by atoms with Crippen LogP contribution in [0.2, 0.25) is 0 Å². The Morgan fingerprint density at radius 3 is 2.24 bits per heavy atom. The fourth-order valence-electron chi connectivity index (χ4n) is 4.68. The summed E-state index contributed by atoms with van der Waals surface area (Å²) in [6.07, 6.45) is 0.643. The van der Waals surface area contributed by atoms with Crippen molar-refractivity contribution in [2.24, 2.45) is 5.92 Å². The summed E-state index contributed by atoms with van der Waals surface area (Å²) in [6.45, 7) is 4.05. The highest BCUT2D eigenvalue weighted by Gasteiger charge is 2.41. The third-order valence-electron chi connectivity index (χ3n) is 6.66. The summed E-state index contributed by atoms with van der Waals surface area (Å²) < 4.78 is 26.5. The van der Waals surface area contributed by atoms with E-state index in [2.05, 4.69) is 4.90 Å². The molecule has 0 bridgehead atoms. The average Bonchev–Trinajstić information content (AvgIpc) is 2.87. The van der Waals surface area contributed by atoms with Crippen LogP contribution in [0, 0.1) is 11.7 Å². The van der Waals surface area contributed by atoms with Crippen LogP contribution >= 0.6 is 0 Å². The molecule has 0 aliphatic carbocycles. The third kappa shape index (κ3) is 6.44. The smallest absolute Gasteiger partial charge is 0.127 e. The van der Waals surface area contributed by atoms with Gasteiger partial charge in [-0.1, -0.05) is 67.6 Å². The van der Waals surface area contributed by atoms with Crippen molar-refractivity contribution >= 4 is 0 Å². The van der Waals surface area contributed by atoms with E-state index in [0.717, 1.165) is 16.9 Å². The van der Waals surface area contributed by atoms with E-state index in [4.69, 9.17) is 9.47 Å². The maximum absolute atomic E-state index is 15.1. The second kappa shape index (κ2) is 12.7. The Balaban J connectivity index is 1.81. The predicted octanol–water partition coefficient (Wildman–Crippen LogP) is 5.44. The van der Waals surface area contributed by atoms with E-state index < -0.39 is 5.41 Å². The number of methoxy groups -OCH3 is 1. The second-order valence-corrected chi connectivity index (χ2v) is 8.89. The molecule has 3 aromatic carbocycles. The highest BCUT2D eigenvalue weighted by molar-refractivity contribution is 5.30. The molecule has 0 amide bonds. The number of ether oxygens (including phenoxy) is 2.